The van der Waals surface area contributed by atoms with Gasteiger partial charge in [-0.1, -0.05) is 13.8 Å². The van der Waals surface area contributed by atoms with E-state index in [1.165, 1.54) is 11.3 Å². The molecule has 2 aliphatic heterocycles. The third-order valence-corrected chi connectivity index (χ3v) is 5.92. The number of aliphatic imine (C=N–C) groups is 1. The highest BCUT2D eigenvalue weighted by atomic mass is 31.2. The zero-order valence-corrected chi connectivity index (χ0v) is 15.1. The number of hydrogen-bond donors (Lipinski definition) is 1. The first-order chi connectivity index (χ1) is 10.4. The van der Waals surface area contributed by atoms with Crippen molar-refractivity contribution >= 4 is 14.1 Å². The van der Waals surface area contributed by atoms with E-state index in [2.05, 4.69) is 35.8 Å². The van der Waals surface area contributed by atoms with Crippen LogP contribution in [0.1, 0.15) is 41.0 Å². The summed E-state index contributed by atoms with van der Waals surface area (Å²) in [6, 6.07) is 0.293. The summed E-state index contributed by atoms with van der Waals surface area (Å²) in [5.41, 5.74) is 2.59. The standard InChI is InChI=1S/C15H28N3O3P/c1-6-20-22(19,21-7-2)17-13-8-14-12(5)15(11(3)4)16-10-18(14)9-13/h10-11,13,15H,6-9H2,1-5H3,(H,17,19). The molecule has 7 heteroatoms. The molecular weight excluding hydrogens is 301 g/mol. The molecule has 0 spiro atoms. The fraction of sp³-hybridized carbons (Fsp3) is 0.800. The number of hydrogen-bond acceptors (Lipinski definition) is 5. The second-order valence-corrected chi connectivity index (χ2v) is 7.87. The lowest BCUT2D eigenvalue weighted by Gasteiger charge is -2.28. The molecule has 0 saturated carbocycles. The van der Waals surface area contributed by atoms with Crippen molar-refractivity contribution in [1.82, 2.24) is 9.99 Å². The number of rotatable bonds is 7. The molecule has 0 aromatic carbocycles. The van der Waals surface area contributed by atoms with Crippen molar-refractivity contribution in [2.24, 2.45) is 10.9 Å². The van der Waals surface area contributed by atoms with Crippen LogP contribution < -0.4 is 5.09 Å². The summed E-state index contributed by atoms with van der Waals surface area (Å²) in [6.45, 7) is 11.6. The van der Waals surface area contributed by atoms with E-state index in [9.17, 15) is 4.57 Å². The van der Waals surface area contributed by atoms with E-state index in [0.29, 0.717) is 19.1 Å². The first-order valence-corrected chi connectivity index (χ1v) is 9.61. The summed E-state index contributed by atoms with van der Waals surface area (Å²) in [6.07, 6.45) is 2.74. The molecule has 2 aliphatic rings. The lowest BCUT2D eigenvalue weighted by atomic mass is 9.94. The van der Waals surface area contributed by atoms with Crippen LogP contribution in [-0.4, -0.2) is 43.1 Å². The van der Waals surface area contributed by atoms with Crippen LogP contribution in [-0.2, 0) is 13.6 Å². The van der Waals surface area contributed by atoms with Gasteiger partial charge in [-0.15, -0.1) is 0 Å². The van der Waals surface area contributed by atoms with Crippen LogP contribution in [0.4, 0.5) is 0 Å². The Morgan fingerprint density at radius 2 is 2.05 bits per heavy atom. The molecule has 0 aromatic heterocycles. The summed E-state index contributed by atoms with van der Waals surface area (Å²) in [4.78, 5) is 6.79. The van der Waals surface area contributed by atoms with Gasteiger partial charge < -0.3 is 4.90 Å². The molecule has 1 N–H and O–H groups in total. The van der Waals surface area contributed by atoms with E-state index in [-0.39, 0.29) is 12.1 Å². The zero-order chi connectivity index (χ0) is 16.3. The molecule has 1 saturated heterocycles. The Balaban J connectivity index is 2.09. The lowest BCUT2D eigenvalue weighted by molar-refractivity contribution is 0.207. The quantitative estimate of drug-likeness (QED) is 0.727. The molecule has 0 radical (unpaired) electrons. The molecule has 0 bridgehead atoms. The van der Waals surface area contributed by atoms with Gasteiger partial charge in [-0.25, -0.2) is 9.65 Å². The maximum atomic E-state index is 12.6. The fourth-order valence-electron chi connectivity index (χ4n) is 3.14. The lowest BCUT2D eigenvalue weighted by Crippen LogP contribution is -2.32. The summed E-state index contributed by atoms with van der Waals surface area (Å²) < 4.78 is 23.3. The summed E-state index contributed by atoms with van der Waals surface area (Å²) in [5.74, 6) is 0.482. The third-order valence-electron chi connectivity index (χ3n) is 4.04. The molecule has 126 valence electrons. The van der Waals surface area contributed by atoms with Crippen LogP contribution in [0.2, 0.25) is 0 Å². The second-order valence-electron chi connectivity index (χ2n) is 6.10. The highest BCUT2D eigenvalue weighted by molar-refractivity contribution is 7.51. The van der Waals surface area contributed by atoms with E-state index in [1.54, 1.807) is 0 Å². The monoisotopic (exact) mass is 329 g/mol. The van der Waals surface area contributed by atoms with Gasteiger partial charge in [-0.2, -0.15) is 0 Å². The molecule has 0 aliphatic carbocycles. The Labute approximate surface area is 133 Å². The highest BCUT2D eigenvalue weighted by Gasteiger charge is 2.36. The minimum Gasteiger partial charge on any atom is -0.335 e. The average molecular weight is 329 g/mol. The second kappa shape index (κ2) is 7.26. The summed E-state index contributed by atoms with van der Waals surface area (Å²) in [5, 5.41) is 3.09. The first-order valence-electron chi connectivity index (χ1n) is 8.06. The van der Waals surface area contributed by atoms with Gasteiger partial charge in [0.1, 0.15) is 0 Å². The minimum absolute atomic E-state index is 0.0474. The Morgan fingerprint density at radius 1 is 1.41 bits per heavy atom. The first kappa shape index (κ1) is 17.7. The van der Waals surface area contributed by atoms with Crippen molar-refractivity contribution < 1.29 is 13.6 Å². The van der Waals surface area contributed by atoms with Gasteiger partial charge in [0.25, 0.3) is 0 Å². The van der Waals surface area contributed by atoms with Crippen molar-refractivity contribution in [2.45, 2.75) is 53.1 Å². The Morgan fingerprint density at radius 3 is 2.59 bits per heavy atom. The van der Waals surface area contributed by atoms with Crippen LogP contribution in [0, 0.1) is 5.92 Å². The number of fused-ring (bicyclic) bond motifs is 1. The van der Waals surface area contributed by atoms with Crippen LogP contribution in [0.15, 0.2) is 16.3 Å². The smallest absolute Gasteiger partial charge is 0.335 e. The van der Waals surface area contributed by atoms with Crippen molar-refractivity contribution in [3.63, 3.8) is 0 Å². The van der Waals surface area contributed by atoms with Crippen LogP contribution >= 0.6 is 7.75 Å². The largest absolute Gasteiger partial charge is 0.405 e. The maximum absolute atomic E-state index is 12.6. The number of nitrogens with one attached hydrogen (secondary N) is 1. The highest BCUT2D eigenvalue weighted by Crippen LogP contribution is 2.45. The van der Waals surface area contributed by atoms with Gasteiger partial charge >= 0.3 is 7.75 Å². The molecule has 0 amide bonds. The van der Waals surface area contributed by atoms with Gasteiger partial charge in [-0.3, -0.25) is 14.0 Å². The molecule has 22 heavy (non-hydrogen) atoms. The molecule has 1 fully saturated rings. The third kappa shape index (κ3) is 3.80. The van der Waals surface area contributed by atoms with Crippen LogP contribution in [0.3, 0.4) is 0 Å². The number of nitrogens with zero attached hydrogens (tertiary/aromatic N) is 2. The topological polar surface area (TPSA) is 63.2 Å². The minimum atomic E-state index is -3.22. The molecule has 2 heterocycles. The van der Waals surface area contributed by atoms with E-state index in [0.717, 1.165) is 13.0 Å². The fourth-order valence-corrected chi connectivity index (χ4v) is 4.66. The van der Waals surface area contributed by atoms with Crippen molar-refractivity contribution in [3.8, 4) is 0 Å². The molecular formula is C15H28N3O3P. The van der Waals surface area contributed by atoms with Gasteiger partial charge in [0, 0.05) is 24.7 Å². The van der Waals surface area contributed by atoms with Crippen molar-refractivity contribution in [1.29, 1.82) is 0 Å². The van der Waals surface area contributed by atoms with Crippen LogP contribution in [0.25, 0.3) is 0 Å². The normalized spacial score (nSPS) is 25.3. The molecule has 6 nitrogen and oxygen atoms in total. The van der Waals surface area contributed by atoms with Gasteiger partial charge in [0.05, 0.1) is 25.6 Å². The van der Waals surface area contributed by atoms with E-state index < -0.39 is 7.75 Å². The van der Waals surface area contributed by atoms with Crippen molar-refractivity contribution in [2.75, 3.05) is 19.8 Å². The van der Waals surface area contributed by atoms with E-state index >= 15 is 0 Å². The summed E-state index contributed by atoms with van der Waals surface area (Å²) >= 11 is 0. The average Bonchev–Trinajstić information content (AvgIpc) is 2.82. The Bertz CT molecular complexity index is 494. The molecule has 2 rings (SSSR count). The predicted molar refractivity (Wildman–Crippen MR) is 88.9 cm³/mol. The van der Waals surface area contributed by atoms with Gasteiger partial charge in [0.15, 0.2) is 0 Å². The Kier molecular flexibility index (Phi) is 5.83. The summed E-state index contributed by atoms with van der Waals surface area (Å²) in [7, 11) is -3.22. The van der Waals surface area contributed by atoms with Crippen molar-refractivity contribution in [3.05, 3.63) is 11.3 Å². The maximum Gasteiger partial charge on any atom is 0.405 e. The van der Waals surface area contributed by atoms with Crippen LogP contribution in [0.5, 0.6) is 0 Å². The molecule has 2 atom stereocenters. The predicted octanol–water partition coefficient (Wildman–Crippen LogP) is 3.17. The SMILES string of the molecule is CCOP(=O)(NC1CC2=C(C)C(C(C)C)N=CN2C1)OCC. The molecule has 0 aromatic rings. The van der Waals surface area contributed by atoms with E-state index in [4.69, 9.17) is 9.05 Å². The van der Waals surface area contributed by atoms with E-state index in [1.807, 2.05) is 20.2 Å². The zero-order valence-electron chi connectivity index (χ0n) is 14.2. The molecule has 2 unspecified atom stereocenters. The van der Waals surface area contributed by atoms with Gasteiger partial charge in [0.2, 0.25) is 0 Å². The van der Waals surface area contributed by atoms with Gasteiger partial charge in [-0.05, 0) is 32.3 Å². The Hall–Kier alpha value is -0.680.